The Labute approximate surface area is 142 Å². The number of methoxy groups -OCH3 is 1. The first kappa shape index (κ1) is 17.2. The number of hydrogen-bond acceptors (Lipinski definition) is 5. The van der Waals surface area contributed by atoms with Crippen LogP contribution in [0.25, 0.3) is 0 Å². The first-order valence-electron chi connectivity index (χ1n) is 8.79. The zero-order valence-electron chi connectivity index (χ0n) is 14.6. The van der Waals surface area contributed by atoms with E-state index < -0.39 is 6.10 Å². The first-order valence-corrected chi connectivity index (χ1v) is 8.79. The molecule has 3 aliphatic heterocycles. The molecule has 3 rings (SSSR count). The lowest BCUT2D eigenvalue weighted by Gasteiger charge is -2.42. The number of esters is 1. The van der Waals surface area contributed by atoms with E-state index in [1.54, 1.807) is 4.90 Å². The monoisotopic (exact) mass is 338 g/mol. The van der Waals surface area contributed by atoms with Gasteiger partial charge in [-0.3, -0.25) is 9.59 Å². The molecule has 0 saturated carbocycles. The summed E-state index contributed by atoms with van der Waals surface area (Å²) in [6.07, 6.45) is 1.74. The van der Waals surface area contributed by atoms with E-state index >= 15 is 0 Å². The number of rotatable bonds is 3. The number of ether oxygens (including phenoxy) is 2. The van der Waals surface area contributed by atoms with Gasteiger partial charge in [0, 0.05) is 32.0 Å². The van der Waals surface area contributed by atoms with Crippen molar-refractivity contribution in [3.8, 4) is 0 Å². The summed E-state index contributed by atoms with van der Waals surface area (Å²) in [5, 5.41) is 0. The molecule has 2 amide bonds. The minimum absolute atomic E-state index is 0.0237. The summed E-state index contributed by atoms with van der Waals surface area (Å²) in [5.41, 5.74) is 0. The third kappa shape index (κ3) is 2.90. The number of amides is 2. The molecule has 0 N–H and O–H groups in total. The van der Waals surface area contributed by atoms with E-state index in [-0.39, 0.29) is 48.3 Å². The van der Waals surface area contributed by atoms with Crippen LogP contribution < -0.4 is 0 Å². The predicted octanol–water partition coefficient (Wildman–Crippen LogP) is 0.565. The molecule has 3 aliphatic rings. The third-order valence-electron chi connectivity index (χ3n) is 5.59. The molecule has 5 unspecified atom stereocenters. The average molecular weight is 338 g/mol. The summed E-state index contributed by atoms with van der Waals surface area (Å²) in [7, 11) is 1.35. The number of carbonyl (C=O) groups is 3. The van der Waals surface area contributed by atoms with E-state index in [2.05, 4.69) is 0 Å². The summed E-state index contributed by atoms with van der Waals surface area (Å²) in [6.45, 7) is 5.10. The van der Waals surface area contributed by atoms with Crippen molar-refractivity contribution in [3.63, 3.8) is 0 Å². The second-order valence-corrected chi connectivity index (χ2v) is 6.99. The van der Waals surface area contributed by atoms with Crippen LogP contribution in [0.1, 0.15) is 39.5 Å². The van der Waals surface area contributed by atoms with Crippen molar-refractivity contribution in [2.45, 2.75) is 63.8 Å². The van der Waals surface area contributed by atoms with Crippen LogP contribution >= 0.6 is 0 Å². The van der Waals surface area contributed by atoms with Gasteiger partial charge in [0.25, 0.3) is 0 Å². The zero-order valence-corrected chi connectivity index (χ0v) is 14.6. The quantitative estimate of drug-likeness (QED) is 0.703. The van der Waals surface area contributed by atoms with Gasteiger partial charge in [-0.25, -0.2) is 4.79 Å². The molecule has 0 aliphatic carbocycles. The van der Waals surface area contributed by atoms with E-state index in [0.29, 0.717) is 19.5 Å². The zero-order chi connectivity index (χ0) is 17.4. The molecule has 0 radical (unpaired) electrons. The standard InChI is InChI=1S/C17H26N2O5/c1-4-18-9-11(7-15(18)20)16(21)19-10(2)5-6-13-12(19)8-14(24-13)17(22)23-3/h10-14H,4-9H2,1-3H3. The number of hydrogen-bond donors (Lipinski definition) is 0. The first-order chi connectivity index (χ1) is 11.5. The second-order valence-electron chi connectivity index (χ2n) is 6.99. The molecule has 0 spiro atoms. The molecule has 5 atom stereocenters. The highest BCUT2D eigenvalue weighted by molar-refractivity contribution is 5.89. The molecular weight excluding hydrogens is 312 g/mol. The second kappa shape index (κ2) is 6.70. The highest BCUT2D eigenvalue weighted by Gasteiger charge is 2.49. The van der Waals surface area contributed by atoms with Crippen LogP contribution in [0.5, 0.6) is 0 Å². The minimum atomic E-state index is -0.594. The number of piperidine rings is 1. The molecule has 0 aromatic heterocycles. The number of nitrogens with zero attached hydrogens (tertiary/aromatic N) is 2. The van der Waals surface area contributed by atoms with E-state index in [1.807, 2.05) is 18.7 Å². The fourth-order valence-corrected chi connectivity index (χ4v) is 4.27. The Morgan fingerprint density at radius 1 is 1.33 bits per heavy atom. The van der Waals surface area contributed by atoms with Crippen molar-refractivity contribution < 1.29 is 23.9 Å². The van der Waals surface area contributed by atoms with Gasteiger partial charge in [0.1, 0.15) is 0 Å². The lowest BCUT2D eigenvalue weighted by molar-refractivity contribution is -0.154. The highest BCUT2D eigenvalue weighted by atomic mass is 16.6. The molecule has 3 saturated heterocycles. The summed E-state index contributed by atoms with van der Waals surface area (Å²) in [5.74, 6) is -0.587. The van der Waals surface area contributed by atoms with Crippen LogP contribution in [-0.4, -0.2) is 72.1 Å². The van der Waals surface area contributed by atoms with Gasteiger partial charge in [0.15, 0.2) is 6.10 Å². The van der Waals surface area contributed by atoms with Crippen molar-refractivity contribution >= 4 is 17.8 Å². The highest BCUT2D eigenvalue weighted by Crippen LogP contribution is 2.37. The molecular formula is C17H26N2O5. The van der Waals surface area contributed by atoms with Crippen LogP contribution in [0, 0.1) is 5.92 Å². The van der Waals surface area contributed by atoms with Crippen molar-refractivity contribution in [1.29, 1.82) is 0 Å². The van der Waals surface area contributed by atoms with Gasteiger partial charge in [-0.15, -0.1) is 0 Å². The van der Waals surface area contributed by atoms with Gasteiger partial charge in [-0.05, 0) is 26.7 Å². The topological polar surface area (TPSA) is 76.2 Å². The maximum absolute atomic E-state index is 13.1. The molecule has 0 aromatic rings. The fourth-order valence-electron chi connectivity index (χ4n) is 4.27. The van der Waals surface area contributed by atoms with Gasteiger partial charge in [0.05, 0.1) is 25.2 Å². The van der Waals surface area contributed by atoms with Gasteiger partial charge < -0.3 is 19.3 Å². The van der Waals surface area contributed by atoms with Gasteiger partial charge >= 0.3 is 5.97 Å². The predicted molar refractivity (Wildman–Crippen MR) is 85.0 cm³/mol. The maximum atomic E-state index is 13.1. The van der Waals surface area contributed by atoms with Crippen molar-refractivity contribution in [3.05, 3.63) is 0 Å². The van der Waals surface area contributed by atoms with Crippen molar-refractivity contribution in [1.82, 2.24) is 9.80 Å². The van der Waals surface area contributed by atoms with Gasteiger partial charge in [0.2, 0.25) is 11.8 Å². The van der Waals surface area contributed by atoms with E-state index in [9.17, 15) is 14.4 Å². The Balaban J connectivity index is 1.74. The molecule has 3 fully saturated rings. The Morgan fingerprint density at radius 3 is 2.71 bits per heavy atom. The molecule has 0 bridgehead atoms. The lowest BCUT2D eigenvalue weighted by atomic mass is 9.90. The Morgan fingerprint density at radius 2 is 2.08 bits per heavy atom. The molecule has 7 nitrogen and oxygen atoms in total. The van der Waals surface area contributed by atoms with Crippen molar-refractivity contribution in [2.24, 2.45) is 5.92 Å². The largest absolute Gasteiger partial charge is 0.467 e. The smallest absolute Gasteiger partial charge is 0.335 e. The average Bonchev–Trinajstić information content (AvgIpc) is 3.16. The fraction of sp³-hybridized carbons (Fsp3) is 0.824. The van der Waals surface area contributed by atoms with Crippen LogP contribution in [0.3, 0.4) is 0 Å². The summed E-state index contributed by atoms with van der Waals surface area (Å²) < 4.78 is 10.6. The summed E-state index contributed by atoms with van der Waals surface area (Å²) in [6, 6.07) is 0.000606. The SMILES string of the molecule is CCN1CC(C(=O)N2C(C)CCC3OC(C(=O)OC)CC32)CC1=O. The van der Waals surface area contributed by atoms with Crippen LogP contribution in [0.2, 0.25) is 0 Å². The van der Waals surface area contributed by atoms with E-state index in [0.717, 1.165) is 12.8 Å². The van der Waals surface area contributed by atoms with Crippen LogP contribution in [0.4, 0.5) is 0 Å². The molecule has 7 heteroatoms. The van der Waals surface area contributed by atoms with Crippen LogP contribution in [-0.2, 0) is 23.9 Å². The summed E-state index contributed by atoms with van der Waals surface area (Å²) in [4.78, 5) is 40.5. The third-order valence-corrected chi connectivity index (χ3v) is 5.59. The van der Waals surface area contributed by atoms with E-state index in [4.69, 9.17) is 9.47 Å². The number of likely N-dealkylation sites (tertiary alicyclic amines) is 2. The van der Waals surface area contributed by atoms with Gasteiger partial charge in [-0.1, -0.05) is 0 Å². The minimum Gasteiger partial charge on any atom is -0.467 e. The normalized spacial score (nSPS) is 36.0. The summed E-state index contributed by atoms with van der Waals surface area (Å²) >= 11 is 0. The Kier molecular flexibility index (Phi) is 4.80. The number of fused-ring (bicyclic) bond motifs is 1. The lowest BCUT2D eigenvalue weighted by Crippen LogP contribution is -2.55. The van der Waals surface area contributed by atoms with E-state index in [1.165, 1.54) is 7.11 Å². The molecule has 3 heterocycles. The molecule has 134 valence electrons. The van der Waals surface area contributed by atoms with Crippen LogP contribution in [0.15, 0.2) is 0 Å². The Hall–Kier alpha value is -1.63. The van der Waals surface area contributed by atoms with Gasteiger partial charge in [-0.2, -0.15) is 0 Å². The molecule has 24 heavy (non-hydrogen) atoms. The van der Waals surface area contributed by atoms with Crippen molar-refractivity contribution in [2.75, 3.05) is 20.2 Å². The molecule has 0 aromatic carbocycles. The Bertz CT molecular complexity index is 537. The maximum Gasteiger partial charge on any atom is 0.335 e. The number of carbonyl (C=O) groups excluding carboxylic acids is 3.